The molecule has 0 bridgehead atoms. The summed E-state index contributed by atoms with van der Waals surface area (Å²) in [6.45, 7) is 7.44. The zero-order valence-corrected chi connectivity index (χ0v) is 14.2. The largest absolute Gasteiger partial charge is 0.481 e. The fourth-order valence-electron chi connectivity index (χ4n) is 2.12. The van der Waals surface area contributed by atoms with Crippen LogP contribution in [0.15, 0.2) is 0 Å². The number of hydrogen-bond donors (Lipinski definition) is 3. The van der Waals surface area contributed by atoms with E-state index in [1.165, 1.54) is 0 Å². The number of nitrogens with zero attached hydrogens (tertiary/aromatic N) is 1. The smallest absolute Gasteiger partial charge is 0.407 e. The van der Waals surface area contributed by atoms with Crippen molar-refractivity contribution in [3.63, 3.8) is 0 Å². The Bertz CT molecular complexity index is 423. The van der Waals surface area contributed by atoms with E-state index in [0.717, 1.165) is 13.0 Å². The lowest BCUT2D eigenvalue weighted by molar-refractivity contribution is -0.143. The number of aliphatic carboxylic acids is 1. The number of amides is 1. The van der Waals surface area contributed by atoms with E-state index in [1.54, 1.807) is 20.8 Å². The van der Waals surface area contributed by atoms with Gasteiger partial charge in [-0.05, 0) is 45.8 Å². The second-order valence-electron chi connectivity index (χ2n) is 6.28. The fraction of sp³-hybridized carbons (Fsp3) is 0.786. The minimum absolute atomic E-state index is 0.367. The molecule has 0 radical (unpaired) electrons. The highest BCUT2D eigenvalue weighted by Gasteiger charge is 2.26. The number of hydrogen-bond acceptors (Lipinski definition) is 4. The molecular formula is C14H25N3O4S. The Morgan fingerprint density at radius 3 is 2.55 bits per heavy atom. The molecule has 0 aromatic carbocycles. The Labute approximate surface area is 136 Å². The average molecular weight is 331 g/mol. The minimum atomic E-state index is -0.779. The lowest BCUT2D eigenvalue weighted by Gasteiger charge is -2.32. The van der Waals surface area contributed by atoms with Crippen molar-refractivity contribution in [2.75, 3.05) is 26.2 Å². The number of rotatable bonds is 4. The van der Waals surface area contributed by atoms with E-state index in [9.17, 15) is 9.59 Å². The van der Waals surface area contributed by atoms with E-state index in [4.69, 9.17) is 22.1 Å². The zero-order chi connectivity index (χ0) is 16.8. The van der Waals surface area contributed by atoms with Gasteiger partial charge in [0.15, 0.2) is 5.11 Å². The predicted octanol–water partition coefficient (Wildman–Crippen LogP) is 1.18. The molecule has 1 unspecified atom stereocenters. The predicted molar refractivity (Wildman–Crippen MR) is 86.8 cm³/mol. The second-order valence-corrected chi connectivity index (χ2v) is 6.67. The van der Waals surface area contributed by atoms with Crippen molar-refractivity contribution in [2.45, 2.75) is 39.2 Å². The Balaban J connectivity index is 2.23. The molecule has 8 heteroatoms. The SMILES string of the molecule is CC(C)(C)OC(=O)NCCNC(=S)N1CCCC(C(=O)O)C1. The summed E-state index contributed by atoms with van der Waals surface area (Å²) in [7, 11) is 0. The molecule has 1 fully saturated rings. The van der Waals surface area contributed by atoms with Gasteiger partial charge in [-0.1, -0.05) is 0 Å². The number of alkyl carbamates (subject to hydrolysis) is 1. The summed E-state index contributed by atoms with van der Waals surface area (Å²) in [4.78, 5) is 24.3. The highest BCUT2D eigenvalue weighted by Crippen LogP contribution is 2.16. The van der Waals surface area contributed by atoms with E-state index in [2.05, 4.69) is 10.6 Å². The topological polar surface area (TPSA) is 90.9 Å². The van der Waals surface area contributed by atoms with E-state index in [-0.39, 0.29) is 5.92 Å². The van der Waals surface area contributed by atoms with Gasteiger partial charge in [0.1, 0.15) is 5.60 Å². The fourth-order valence-corrected chi connectivity index (χ4v) is 2.39. The van der Waals surface area contributed by atoms with Crippen molar-refractivity contribution in [3.05, 3.63) is 0 Å². The first-order chi connectivity index (χ1) is 10.2. The molecule has 22 heavy (non-hydrogen) atoms. The highest BCUT2D eigenvalue weighted by molar-refractivity contribution is 7.80. The molecule has 0 spiro atoms. The molecule has 1 amide bonds. The van der Waals surface area contributed by atoms with Crippen LogP contribution in [0.1, 0.15) is 33.6 Å². The number of carbonyl (C=O) groups is 2. The van der Waals surface area contributed by atoms with Crippen molar-refractivity contribution >= 4 is 29.4 Å². The van der Waals surface area contributed by atoms with Gasteiger partial charge >= 0.3 is 12.1 Å². The third kappa shape index (κ3) is 6.93. The van der Waals surface area contributed by atoms with Crippen LogP contribution < -0.4 is 10.6 Å². The summed E-state index contributed by atoms with van der Waals surface area (Å²) < 4.78 is 5.12. The molecule has 1 saturated heterocycles. The number of carboxylic acid groups (broad SMARTS) is 1. The monoisotopic (exact) mass is 331 g/mol. The van der Waals surface area contributed by atoms with Gasteiger partial charge in [0, 0.05) is 26.2 Å². The molecule has 1 rings (SSSR count). The minimum Gasteiger partial charge on any atom is -0.481 e. The zero-order valence-electron chi connectivity index (χ0n) is 13.3. The molecule has 0 aromatic rings. The maximum absolute atomic E-state index is 11.5. The van der Waals surface area contributed by atoms with Crippen molar-refractivity contribution in [3.8, 4) is 0 Å². The van der Waals surface area contributed by atoms with Gasteiger partial charge in [0.25, 0.3) is 0 Å². The van der Waals surface area contributed by atoms with Crippen LogP contribution in [0.2, 0.25) is 0 Å². The van der Waals surface area contributed by atoms with Gasteiger partial charge in [-0.25, -0.2) is 4.79 Å². The standard InChI is InChI=1S/C14H25N3O4S/c1-14(2,3)21-13(20)16-7-6-15-12(22)17-8-4-5-10(9-17)11(18)19/h10H,4-9H2,1-3H3,(H,15,22)(H,16,20)(H,18,19). The Morgan fingerprint density at radius 1 is 1.32 bits per heavy atom. The van der Waals surface area contributed by atoms with E-state index in [0.29, 0.717) is 31.2 Å². The van der Waals surface area contributed by atoms with Gasteiger partial charge in [-0.3, -0.25) is 4.79 Å². The van der Waals surface area contributed by atoms with Gasteiger partial charge in [0.05, 0.1) is 5.92 Å². The van der Waals surface area contributed by atoms with E-state index in [1.807, 2.05) is 4.90 Å². The number of nitrogens with one attached hydrogen (secondary N) is 2. The summed E-state index contributed by atoms with van der Waals surface area (Å²) >= 11 is 5.26. The Hall–Kier alpha value is -1.57. The number of likely N-dealkylation sites (tertiary alicyclic amines) is 1. The maximum atomic E-state index is 11.5. The summed E-state index contributed by atoms with van der Waals surface area (Å²) in [6, 6.07) is 0. The molecule has 1 aliphatic rings. The van der Waals surface area contributed by atoms with Gasteiger partial charge in [-0.15, -0.1) is 0 Å². The lowest BCUT2D eigenvalue weighted by atomic mass is 9.99. The van der Waals surface area contributed by atoms with Crippen LogP contribution in [0, 0.1) is 5.92 Å². The van der Waals surface area contributed by atoms with Gasteiger partial charge in [-0.2, -0.15) is 0 Å². The molecule has 0 aliphatic carbocycles. The third-order valence-electron chi connectivity index (χ3n) is 3.13. The number of thiocarbonyl (C=S) groups is 1. The molecule has 126 valence electrons. The van der Waals surface area contributed by atoms with Crippen molar-refractivity contribution in [1.82, 2.24) is 15.5 Å². The first-order valence-corrected chi connectivity index (χ1v) is 7.82. The number of carboxylic acids is 1. The van der Waals surface area contributed by atoms with Gasteiger partial charge < -0.3 is 25.4 Å². The summed E-state index contributed by atoms with van der Waals surface area (Å²) in [5.41, 5.74) is -0.521. The molecule has 0 saturated carbocycles. The molecule has 3 N–H and O–H groups in total. The molecule has 1 atom stereocenters. The molecule has 1 heterocycles. The first-order valence-electron chi connectivity index (χ1n) is 7.41. The van der Waals surface area contributed by atoms with Crippen molar-refractivity contribution < 1.29 is 19.4 Å². The third-order valence-corrected chi connectivity index (χ3v) is 3.53. The summed E-state index contributed by atoms with van der Waals surface area (Å²) in [5, 5.41) is 15.2. The normalized spacial score (nSPS) is 18.5. The van der Waals surface area contributed by atoms with E-state index >= 15 is 0 Å². The van der Waals surface area contributed by atoms with Crippen molar-refractivity contribution in [1.29, 1.82) is 0 Å². The molecule has 7 nitrogen and oxygen atoms in total. The number of carbonyl (C=O) groups excluding carboxylic acids is 1. The number of ether oxygens (including phenoxy) is 1. The summed E-state index contributed by atoms with van der Waals surface area (Å²) in [5.74, 6) is -1.15. The Morgan fingerprint density at radius 2 is 1.95 bits per heavy atom. The molecule has 1 aliphatic heterocycles. The van der Waals surface area contributed by atoms with Crippen LogP contribution in [0.3, 0.4) is 0 Å². The van der Waals surface area contributed by atoms with Crippen LogP contribution in [-0.4, -0.2) is 59.0 Å². The van der Waals surface area contributed by atoms with Crippen LogP contribution in [0.4, 0.5) is 4.79 Å². The average Bonchev–Trinajstić information content (AvgIpc) is 2.41. The molecule has 0 aromatic heterocycles. The first kappa shape index (κ1) is 18.5. The quantitative estimate of drug-likeness (QED) is 0.526. The van der Waals surface area contributed by atoms with Crippen molar-refractivity contribution in [2.24, 2.45) is 5.92 Å². The van der Waals surface area contributed by atoms with Gasteiger partial charge in [0.2, 0.25) is 0 Å². The second kappa shape index (κ2) is 8.17. The highest BCUT2D eigenvalue weighted by atomic mass is 32.1. The lowest BCUT2D eigenvalue weighted by Crippen LogP contribution is -2.48. The molecular weight excluding hydrogens is 306 g/mol. The summed E-state index contributed by atoms with van der Waals surface area (Å²) in [6.07, 6.45) is 1.04. The van der Waals surface area contributed by atoms with Crippen LogP contribution >= 0.6 is 12.2 Å². The Kier molecular flexibility index (Phi) is 6.86. The van der Waals surface area contributed by atoms with Crippen LogP contribution in [-0.2, 0) is 9.53 Å². The van der Waals surface area contributed by atoms with Crippen LogP contribution in [0.25, 0.3) is 0 Å². The van der Waals surface area contributed by atoms with Crippen LogP contribution in [0.5, 0.6) is 0 Å². The maximum Gasteiger partial charge on any atom is 0.407 e. The number of piperidine rings is 1. The van der Waals surface area contributed by atoms with E-state index < -0.39 is 17.7 Å².